The zero-order chi connectivity index (χ0) is 15.4. The average Bonchev–Trinajstić information content (AvgIpc) is 2.91. The van der Waals surface area contributed by atoms with Crippen molar-refractivity contribution in [3.05, 3.63) is 29.3 Å². The van der Waals surface area contributed by atoms with Gasteiger partial charge >= 0.3 is 12.0 Å². The Kier molecular flexibility index (Phi) is 4.80. The molecule has 1 aliphatic heterocycles. The number of carbonyl (C=O) groups excluding carboxylic acids is 1. The number of carboxylic acids is 1. The molecule has 1 saturated heterocycles. The summed E-state index contributed by atoms with van der Waals surface area (Å²) in [6, 6.07) is 4.57. The van der Waals surface area contributed by atoms with Crippen molar-refractivity contribution >= 4 is 17.7 Å². The maximum atomic E-state index is 12.0. The second-order valence-electron chi connectivity index (χ2n) is 5.31. The first-order valence-electron chi connectivity index (χ1n) is 6.97. The maximum Gasteiger partial charge on any atom is 0.338 e. The average molecular weight is 292 g/mol. The Morgan fingerprint density at radius 1 is 1.43 bits per heavy atom. The highest BCUT2D eigenvalue weighted by Gasteiger charge is 2.24. The van der Waals surface area contributed by atoms with Crippen molar-refractivity contribution in [3.63, 3.8) is 0 Å². The molecular formula is C15H20N2O4. The summed E-state index contributed by atoms with van der Waals surface area (Å²) in [5, 5.41) is 14.7. The number of carboxylic acid groups (broad SMARTS) is 1. The van der Waals surface area contributed by atoms with Crippen molar-refractivity contribution in [3.8, 4) is 0 Å². The number of urea groups is 1. The third kappa shape index (κ3) is 3.72. The van der Waals surface area contributed by atoms with Gasteiger partial charge in [0.25, 0.3) is 0 Å². The van der Waals surface area contributed by atoms with Crippen LogP contribution in [0.3, 0.4) is 0 Å². The van der Waals surface area contributed by atoms with Crippen molar-refractivity contribution in [2.75, 3.05) is 18.5 Å². The van der Waals surface area contributed by atoms with E-state index in [-0.39, 0.29) is 11.6 Å². The lowest BCUT2D eigenvalue weighted by molar-refractivity contribution is 0.0697. The number of amides is 2. The number of hydrogen-bond acceptors (Lipinski definition) is 3. The molecule has 2 rings (SSSR count). The summed E-state index contributed by atoms with van der Waals surface area (Å²) in [6.45, 7) is 4.99. The van der Waals surface area contributed by atoms with Crippen LogP contribution in [0.2, 0.25) is 0 Å². The van der Waals surface area contributed by atoms with Crippen LogP contribution in [0.4, 0.5) is 10.5 Å². The number of benzene rings is 1. The third-order valence-electron chi connectivity index (χ3n) is 3.77. The topological polar surface area (TPSA) is 87.7 Å². The summed E-state index contributed by atoms with van der Waals surface area (Å²) in [5.74, 6) is -0.757. The van der Waals surface area contributed by atoms with Gasteiger partial charge in [0.2, 0.25) is 0 Å². The van der Waals surface area contributed by atoms with Gasteiger partial charge in [0.1, 0.15) is 0 Å². The first-order chi connectivity index (χ1) is 9.99. The minimum absolute atomic E-state index is 0.0226. The van der Waals surface area contributed by atoms with E-state index < -0.39 is 12.0 Å². The van der Waals surface area contributed by atoms with Crippen LogP contribution in [-0.4, -0.2) is 36.4 Å². The Morgan fingerprint density at radius 3 is 2.81 bits per heavy atom. The molecule has 0 spiro atoms. The third-order valence-corrected chi connectivity index (χ3v) is 3.77. The number of ether oxygens (including phenoxy) is 1. The number of hydrogen-bond donors (Lipinski definition) is 3. The summed E-state index contributed by atoms with van der Waals surface area (Å²) < 4.78 is 5.29. The minimum atomic E-state index is -1.05. The van der Waals surface area contributed by atoms with Gasteiger partial charge in [-0.3, -0.25) is 0 Å². The molecule has 1 heterocycles. The smallest absolute Gasteiger partial charge is 0.338 e. The molecule has 0 radical (unpaired) electrons. The fourth-order valence-electron chi connectivity index (χ4n) is 2.49. The van der Waals surface area contributed by atoms with Crippen LogP contribution in [-0.2, 0) is 4.74 Å². The van der Waals surface area contributed by atoms with E-state index in [1.54, 1.807) is 25.1 Å². The van der Waals surface area contributed by atoms with Crippen LogP contribution in [0, 0.1) is 12.8 Å². The molecular weight excluding hydrogens is 272 g/mol. The predicted molar refractivity (Wildman–Crippen MR) is 78.7 cm³/mol. The Labute approximate surface area is 123 Å². The van der Waals surface area contributed by atoms with E-state index in [2.05, 4.69) is 10.6 Å². The second-order valence-corrected chi connectivity index (χ2v) is 5.31. The SMILES string of the molecule is Cc1cccc(NC(=O)NC(C)C2CCOC2)c1C(=O)O. The monoisotopic (exact) mass is 292 g/mol. The van der Waals surface area contributed by atoms with Crippen LogP contribution in [0.1, 0.15) is 29.3 Å². The number of nitrogens with one attached hydrogen (secondary N) is 2. The quantitative estimate of drug-likeness (QED) is 0.794. The first kappa shape index (κ1) is 15.3. The van der Waals surface area contributed by atoms with Crippen molar-refractivity contribution in [2.45, 2.75) is 26.3 Å². The maximum absolute atomic E-state index is 12.0. The molecule has 0 saturated carbocycles. The summed E-state index contributed by atoms with van der Waals surface area (Å²) in [4.78, 5) is 23.3. The number of carbonyl (C=O) groups is 2. The van der Waals surface area contributed by atoms with Gasteiger partial charge in [0.15, 0.2) is 0 Å². The van der Waals surface area contributed by atoms with Crippen molar-refractivity contribution in [1.29, 1.82) is 0 Å². The molecule has 0 bridgehead atoms. The van der Waals surface area contributed by atoms with E-state index >= 15 is 0 Å². The summed E-state index contributed by atoms with van der Waals surface area (Å²) in [6.07, 6.45) is 0.923. The zero-order valence-electron chi connectivity index (χ0n) is 12.2. The molecule has 1 aromatic rings. The summed E-state index contributed by atoms with van der Waals surface area (Å²) in [7, 11) is 0. The van der Waals surface area contributed by atoms with E-state index in [1.807, 2.05) is 6.92 Å². The molecule has 6 heteroatoms. The number of anilines is 1. The highest BCUT2D eigenvalue weighted by molar-refractivity contribution is 6.01. The molecule has 1 aliphatic rings. The van der Waals surface area contributed by atoms with Gasteiger partial charge in [-0.25, -0.2) is 9.59 Å². The molecule has 2 amide bonds. The van der Waals surface area contributed by atoms with Crippen LogP contribution in [0.15, 0.2) is 18.2 Å². The fraction of sp³-hybridized carbons (Fsp3) is 0.467. The van der Waals surface area contributed by atoms with Gasteiger partial charge in [0, 0.05) is 18.6 Å². The first-order valence-corrected chi connectivity index (χ1v) is 6.97. The fourth-order valence-corrected chi connectivity index (χ4v) is 2.49. The highest BCUT2D eigenvalue weighted by atomic mass is 16.5. The minimum Gasteiger partial charge on any atom is -0.478 e. The Balaban J connectivity index is 2.02. The van der Waals surface area contributed by atoms with Gasteiger partial charge < -0.3 is 20.5 Å². The van der Waals surface area contributed by atoms with E-state index in [1.165, 1.54) is 0 Å². The summed E-state index contributed by atoms with van der Waals surface area (Å²) >= 11 is 0. The predicted octanol–water partition coefficient (Wildman–Crippen LogP) is 2.24. The normalized spacial score (nSPS) is 19.0. The largest absolute Gasteiger partial charge is 0.478 e. The lowest BCUT2D eigenvalue weighted by Gasteiger charge is -2.20. The molecule has 1 fully saturated rings. The number of aryl methyl sites for hydroxylation is 1. The van der Waals surface area contributed by atoms with Gasteiger partial charge in [-0.15, -0.1) is 0 Å². The van der Waals surface area contributed by atoms with Gasteiger partial charge in [-0.05, 0) is 31.9 Å². The van der Waals surface area contributed by atoms with E-state index in [9.17, 15) is 14.7 Å². The van der Waals surface area contributed by atoms with Gasteiger partial charge in [-0.1, -0.05) is 12.1 Å². The molecule has 21 heavy (non-hydrogen) atoms. The van der Waals surface area contributed by atoms with Crippen LogP contribution in [0.25, 0.3) is 0 Å². The zero-order valence-corrected chi connectivity index (χ0v) is 12.2. The van der Waals surface area contributed by atoms with E-state index in [0.29, 0.717) is 23.8 Å². The van der Waals surface area contributed by atoms with Crippen LogP contribution in [0.5, 0.6) is 0 Å². The number of aromatic carboxylic acids is 1. The van der Waals surface area contributed by atoms with Crippen LogP contribution < -0.4 is 10.6 Å². The van der Waals surface area contributed by atoms with Gasteiger partial charge in [0.05, 0.1) is 17.9 Å². The molecule has 2 unspecified atom stereocenters. The summed E-state index contributed by atoms with van der Waals surface area (Å²) in [5.41, 5.74) is 1.02. The van der Waals surface area contributed by atoms with E-state index in [4.69, 9.17) is 4.74 Å². The van der Waals surface area contributed by atoms with Gasteiger partial charge in [-0.2, -0.15) is 0 Å². The van der Waals surface area contributed by atoms with Crippen molar-refractivity contribution < 1.29 is 19.4 Å². The molecule has 1 aromatic carbocycles. The standard InChI is InChI=1S/C15H20N2O4/c1-9-4-3-5-12(13(9)14(18)19)17-15(20)16-10(2)11-6-7-21-8-11/h3-5,10-11H,6-8H2,1-2H3,(H,18,19)(H2,16,17,20). The lowest BCUT2D eigenvalue weighted by Crippen LogP contribution is -2.41. The molecule has 0 aliphatic carbocycles. The second kappa shape index (κ2) is 6.58. The Bertz CT molecular complexity index is 538. The van der Waals surface area contributed by atoms with Crippen molar-refractivity contribution in [2.24, 2.45) is 5.92 Å². The Morgan fingerprint density at radius 2 is 2.19 bits per heavy atom. The highest BCUT2D eigenvalue weighted by Crippen LogP contribution is 2.20. The van der Waals surface area contributed by atoms with Crippen LogP contribution >= 0.6 is 0 Å². The van der Waals surface area contributed by atoms with Crippen molar-refractivity contribution in [1.82, 2.24) is 5.32 Å². The molecule has 0 aromatic heterocycles. The Hall–Kier alpha value is -2.08. The molecule has 3 N–H and O–H groups in total. The molecule has 2 atom stereocenters. The van der Waals surface area contributed by atoms with E-state index in [0.717, 1.165) is 13.0 Å². The lowest BCUT2D eigenvalue weighted by atomic mass is 10.0. The molecule has 114 valence electrons. The molecule has 6 nitrogen and oxygen atoms in total. The number of rotatable bonds is 4.